The first-order valence-corrected chi connectivity index (χ1v) is 6.89. The molecule has 0 aliphatic rings. The van der Waals surface area contributed by atoms with Gasteiger partial charge in [-0.05, 0) is 31.2 Å². The number of esters is 1. The van der Waals surface area contributed by atoms with Crippen LogP contribution in [0, 0.1) is 6.92 Å². The van der Waals surface area contributed by atoms with Crippen molar-refractivity contribution in [2.24, 2.45) is 0 Å². The van der Waals surface area contributed by atoms with Gasteiger partial charge in [-0.3, -0.25) is 0 Å². The topological polar surface area (TPSA) is 43.6 Å². The number of carbonyl (C=O) groups excluding carboxylic acids is 1. The number of hydrogen-bond donors (Lipinski definition) is 0. The summed E-state index contributed by atoms with van der Waals surface area (Å²) in [4.78, 5) is 16.5. The molecule has 3 aromatic rings. The summed E-state index contributed by atoms with van der Waals surface area (Å²) in [6.45, 7) is 2.05. The summed E-state index contributed by atoms with van der Waals surface area (Å²) >= 11 is 5.99. The van der Waals surface area contributed by atoms with E-state index in [0.29, 0.717) is 10.6 Å². The van der Waals surface area contributed by atoms with Gasteiger partial charge in [-0.1, -0.05) is 29.8 Å². The second kappa shape index (κ2) is 5.58. The lowest BCUT2D eigenvalue weighted by atomic mass is 10.2. The largest absolute Gasteiger partial charge is 0.456 e. The Morgan fingerprint density at radius 2 is 2.00 bits per heavy atom. The number of aryl methyl sites for hydroxylation is 1. The number of nitrogens with zero attached hydrogens (tertiary/aromatic N) is 2. The van der Waals surface area contributed by atoms with Crippen molar-refractivity contribution in [2.75, 3.05) is 0 Å². The summed E-state index contributed by atoms with van der Waals surface area (Å²) < 4.78 is 7.27. The molecular formula is C16H13ClN2O2. The smallest absolute Gasteiger partial charge is 0.340 e. The highest BCUT2D eigenvalue weighted by atomic mass is 35.5. The highest BCUT2D eigenvalue weighted by Crippen LogP contribution is 2.18. The second-order valence-electron chi connectivity index (χ2n) is 4.63. The summed E-state index contributed by atoms with van der Waals surface area (Å²) in [5.74, 6) is -0.439. The van der Waals surface area contributed by atoms with E-state index in [4.69, 9.17) is 16.3 Å². The Bertz CT molecular complexity index is 811. The van der Waals surface area contributed by atoms with Gasteiger partial charge < -0.3 is 9.14 Å². The Hall–Kier alpha value is -2.33. The van der Waals surface area contributed by atoms with E-state index in [1.165, 1.54) is 0 Å². The summed E-state index contributed by atoms with van der Waals surface area (Å²) in [7, 11) is 0. The van der Waals surface area contributed by atoms with Gasteiger partial charge in [-0.2, -0.15) is 0 Å². The predicted octanol–water partition coefficient (Wildman–Crippen LogP) is 3.65. The molecule has 0 unspecified atom stereocenters. The first kappa shape index (κ1) is 13.6. The number of hydrogen-bond acceptors (Lipinski definition) is 3. The van der Waals surface area contributed by atoms with E-state index < -0.39 is 5.97 Å². The van der Waals surface area contributed by atoms with Gasteiger partial charge in [-0.15, -0.1) is 0 Å². The molecular weight excluding hydrogens is 288 g/mol. The van der Waals surface area contributed by atoms with E-state index in [0.717, 1.165) is 17.0 Å². The van der Waals surface area contributed by atoms with Gasteiger partial charge >= 0.3 is 5.97 Å². The van der Waals surface area contributed by atoms with Crippen LogP contribution in [0.2, 0.25) is 5.02 Å². The molecule has 0 saturated heterocycles. The molecule has 21 heavy (non-hydrogen) atoms. The molecule has 0 atom stereocenters. The highest BCUT2D eigenvalue weighted by molar-refractivity contribution is 6.33. The average molecular weight is 301 g/mol. The Morgan fingerprint density at radius 3 is 2.81 bits per heavy atom. The van der Waals surface area contributed by atoms with Gasteiger partial charge in [0, 0.05) is 6.20 Å². The number of imidazole rings is 1. The fourth-order valence-electron chi connectivity index (χ4n) is 2.18. The Morgan fingerprint density at radius 1 is 1.24 bits per heavy atom. The minimum Gasteiger partial charge on any atom is -0.456 e. The van der Waals surface area contributed by atoms with E-state index >= 15 is 0 Å². The quantitative estimate of drug-likeness (QED) is 0.693. The maximum atomic E-state index is 12.1. The van der Waals surface area contributed by atoms with Crippen LogP contribution >= 0.6 is 11.6 Å². The minimum atomic E-state index is -0.439. The molecule has 2 heterocycles. The zero-order valence-corrected chi connectivity index (χ0v) is 12.2. The molecule has 0 N–H and O–H groups in total. The maximum absolute atomic E-state index is 12.1. The number of rotatable bonds is 3. The average Bonchev–Trinajstić information content (AvgIpc) is 2.81. The van der Waals surface area contributed by atoms with Crippen LogP contribution < -0.4 is 0 Å². The molecule has 0 aliphatic heterocycles. The van der Waals surface area contributed by atoms with Crippen molar-refractivity contribution >= 4 is 23.2 Å². The molecule has 0 bridgehead atoms. The molecule has 106 valence electrons. The molecule has 0 fully saturated rings. The van der Waals surface area contributed by atoms with Crippen LogP contribution in [0.25, 0.3) is 5.65 Å². The first-order chi connectivity index (χ1) is 10.2. The fraction of sp³-hybridized carbons (Fsp3) is 0.125. The molecule has 0 amide bonds. The second-order valence-corrected chi connectivity index (χ2v) is 5.04. The predicted molar refractivity (Wildman–Crippen MR) is 80.5 cm³/mol. The molecule has 4 nitrogen and oxygen atoms in total. The third-order valence-electron chi connectivity index (χ3n) is 3.26. The third-order valence-corrected chi connectivity index (χ3v) is 3.59. The van der Waals surface area contributed by atoms with Crippen LogP contribution in [-0.4, -0.2) is 15.4 Å². The number of fused-ring (bicyclic) bond motifs is 1. The Labute approximate surface area is 126 Å². The normalized spacial score (nSPS) is 10.8. The van der Waals surface area contributed by atoms with E-state index in [2.05, 4.69) is 4.98 Å². The highest BCUT2D eigenvalue weighted by Gasteiger charge is 2.14. The number of ether oxygens (including phenoxy) is 1. The van der Waals surface area contributed by atoms with E-state index in [1.54, 1.807) is 24.3 Å². The van der Waals surface area contributed by atoms with Crippen LogP contribution in [-0.2, 0) is 11.3 Å². The van der Waals surface area contributed by atoms with Gasteiger partial charge in [0.25, 0.3) is 0 Å². The summed E-state index contributed by atoms with van der Waals surface area (Å²) in [5, 5.41) is 0.386. The molecule has 0 spiro atoms. The van der Waals surface area contributed by atoms with Gasteiger partial charge in [-0.25, -0.2) is 9.78 Å². The lowest BCUT2D eigenvalue weighted by Gasteiger charge is -2.07. The fourth-order valence-corrected chi connectivity index (χ4v) is 2.39. The number of pyridine rings is 1. The van der Waals surface area contributed by atoms with Crippen LogP contribution in [0.3, 0.4) is 0 Å². The van der Waals surface area contributed by atoms with Gasteiger partial charge in [0.15, 0.2) is 0 Å². The monoisotopic (exact) mass is 300 g/mol. The lowest BCUT2D eigenvalue weighted by Crippen LogP contribution is -2.07. The molecule has 0 aliphatic carbocycles. The SMILES string of the molecule is Cc1nc2ccccn2c1COC(=O)c1ccccc1Cl. The molecule has 2 aromatic heterocycles. The van der Waals surface area contributed by atoms with Gasteiger partial charge in [0.05, 0.1) is 22.0 Å². The molecule has 3 rings (SSSR count). The van der Waals surface area contributed by atoms with Crippen LogP contribution in [0.5, 0.6) is 0 Å². The third kappa shape index (κ3) is 2.62. The zero-order chi connectivity index (χ0) is 14.8. The molecule has 0 radical (unpaired) electrons. The van der Waals surface area contributed by atoms with Gasteiger partial charge in [0.2, 0.25) is 0 Å². The lowest BCUT2D eigenvalue weighted by molar-refractivity contribution is 0.0466. The van der Waals surface area contributed by atoms with Crippen LogP contribution in [0.4, 0.5) is 0 Å². The number of carbonyl (C=O) groups is 1. The zero-order valence-electron chi connectivity index (χ0n) is 11.4. The van der Waals surface area contributed by atoms with Crippen molar-refractivity contribution in [1.29, 1.82) is 0 Å². The first-order valence-electron chi connectivity index (χ1n) is 6.51. The van der Waals surface area contributed by atoms with Crippen molar-refractivity contribution in [1.82, 2.24) is 9.38 Å². The molecule has 0 saturated carbocycles. The summed E-state index contributed by atoms with van der Waals surface area (Å²) in [6, 6.07) is 12.6. The summed E-state index contributed by atoms with van der Waals surface area (Å²) in [5.41, 5.74) is 2.89. The van der Waals surface area contributed by atoms with E-state index in [-0.39, 0.29) is 6.61 Å². The Balaban J connectivity index is 1.82. The maximum Gasteiger partial charge on any atom is 0.340 e. The number of benzene rings is 1. The molecule has 5 heteroatoms. The van der Waals surface area contributed by atoms with Crippen LogP contribution in [0.1, 0.15) is 21.7 Å². The van der Waals surface area contributed by atoms with Crippen molar-refractivity contribution in [3.63, 3.8) is 0 Å². The van der Waals surface area contributed by atoms with Crippen LogP contribution in [0.15, 0.2) is 48.7 Å². The van der Waals surface area contributed by atoms with E-state index in [9.17, 15) is 4.79 Å². The van der Waals surface area contributed by atoms with Gasteiger partial charge in [0.1, 0.15) is 12.3 Å². The van der Waals surface area contributed by atoms with Crippen molar-refractivity contribution in [3.05, 3.63) is 70.6 Å². The van der Waals surface area contributed by atoms with Crippen molar-refractivity contribution in [3.8, 4) is 0 Å². The standard InChI is InChI=1S/C16H13ClN2O2/c1-11-14(19-9-5-4-8-15(19)18-11)10-21-16(20)12-6-2-3-7-13(12)17/h2-9H,10H2,1H3. The van der Waals surface area contributed by atoms with Crippen molar-refractivity contribution in [2.45, 2.75) is 13.5 Å². The minimum absolute atomic E-state index is 0.154. The molecule has 1 aromatic carbocycles. The number of halogens is 1. The summed E-state index contributed by atoms with van der Waals surface area (Å²) in [6.07, 6.45) is 1.90. The van der Waals surface area contributed by atoms with E-state index in [1.807, 2.05) is 35.7 Å². The van der Waals surface area contributed by atoms with Crippen molar-refractivity contribution < 1.29 is 9.53 Å². The Kier molecular flexibility index (Phi) is 3.62. The number of aromatic nitrogens is 2.